The first kappa shape index (κ1) is 24.8. The summed E-state index contributed by atoms with van der Waals surface area (Å²) in [6.07, 6.45) is -0.0575. The molecule has 0 spiro atoms. The van der Waals surface area contributed by atoms with Crippen molar-refractivity contribution in [2.75, 3.05) is 27.7 Å². The summed E-state index contributed by atoms with van der Waals surface area (Å²) >= 11 is 0. The zero-order valence-corrected chi connectivity index (χ0v) is 21.0. The molecule has 5 rings (SSSR count). The molecule has 0 saturated carbocycles. The molecule has 11 nitrogen and oxygen atoms in total. The summed E-state index contributed by atoms with van der Waals surface area (Å²) in [5.74, 6) is -0.851. The Morgan fingerprint density at radius 2 is 1.92 bits per heavy atom. The molecule has 4 heterocycles. The van der Waals surface area contributed by atoms with Crippen LogP contribution in [-0.4, -0.2) is 52.8 Å². The van der Waals surface area contributed by atoms with Gasteiger partial charge in [-0.15, -0.1) is 0 Å². The number of carbonyl (C=O) groups is 1. The van der Waals surface area contributed by atoms with E-state index in [1.54, 1.807) is 17.6 Å². The van der Waals surface area contributed by atoms with E-state index in [2.05, 4.69) is 0 Å². The van der Waals surface area contributed by atoms with Crippen molar-refractivity contribution in [2.45, 2.75) is 32.1 Å². The van der Waals surface area contributed by atoms with E-state index in [4.69, 9.17) is 23.7 Å². The molecule has 190 valence electrons. The molecule has 1 aromatic carbocycles. The molecule has 0 aliphatic carbocycles. The molecule has 0 amide bonds. The average Bonchev–Trinajstić information content (AvgIpc) is 3.22. The van der Waals surface area contributed by atoms with Crippen LogP contribution < -0.4 is 5.56 Å². The zero-order valence-electron chi connectivity index (χ0n) is 20.1. The predicted molar refractivity (Wildman–Crippen MR) is 129 cm³/mol. The lowest BCUT2D eigenvalue weighted by Crippen LogP contribution is -2.47. The maximum atomic E-state index is 13.6. The minimum Gasteiger partial charge on any atom is -0.458 e. The predicted octanol–water partition coefficient (Wildman–Crippen LogP) is 2.71. The SMILES string of the molecule is CC[C@@]1(OP(=O)(O)N(COC)COC)C(=O)OCc2c1cc1n(c2=O)Cc2cc3ccccc3nc2-1. The van der Waals surface area contributed by atoms with Crippen molar-refractivity contribution in [1.82, 2.24) is 14.2 Å². The quantitative estimate of drug-likeness (QED) is 0.212. The number of benzene rings is 1. The fraction of sp³-hybridized carbons (Fsp3) is 0.375. The first-order chi connectivity index (χ1) is 17.3. The molecule has 2 atom stereocenters. The Kier molecular flexibility index (Phi) is 6.32. The Balaban J connectivity index is 1.68. The van der Waals surface area contributed by atoms with Crippen LogP contribution in [0.3, 0.4) is 0 Å². The van der Waals surface area contributed by atoms with Gasteiger partial charge in [-0.25, -0.2) is 14.3 Å². The number of para-hydroxylation sites is 1. The van der Waals surface area contributed by atoms with Gasteiger partial charge in [-0.2, -0.15) is 4.67 Å². The van der Waals surface area contributed by atoms with Crippen LogP contribution in [0.5, 0.6) is 0 Å². The van der Waals surface area contributed by atoms with Gasteiger partial charge in [0.15, 0.2) is 0 Å². The fourth-order valence-electron chi connectivity index (χ4n) is 4.81. The zero-order chi connectivity index (χ0) is 25.7. The minimum atomic E-state index is -4.65. The van der Waals surface area contributed by atoms with Crippen molar-refractivity contribution in [3.8, 4) is 11.4 Å². The van der Waals surface area contributed by atoms with Gasteiger partial charge in [0, 0.05) is 30.7 Å². The third-order valence-corrected chi connectivity index (χ3v) is 8.07. The first-order valence-corrected chi connectivity index (χ1v) is 12.9. The summed E-state index contributed by atoms with van der Waals surface area (Å²) in [5, 5.41) is 0.948. The Morgan fingerprint density at radius 1 is 1.19 bits per heavy atom. The van der Waals surface area contributed by atoms with Gasteiger partial charge in [0.25, 0.3) is 5.56 Å². The highest BCUT2D eigenvalue weighted by Gasteiger charge is 2.53. The molecule has 12 heteroatoms. The number of fused-ring (bicyclic) bond motifs is 5. The maximum Gasteiger partial charge on any atom is 0.410 e. The molecule has 1 unspecified atom stereocenters. The summed E-state index contributed by atoms with van der Waals surface area (Å²) < 4.78 is 36.9. The van der Waals surface area contributed by atoms with E-state index in [0.717, 1.165) is 21.1 Å². The number of esters is 1. The molecule has 2 aromatic heterocycles. The molecule has 0 fully saturated rings. The van der Waals surface area contributed by atoms with Gasteiger partial charge in [-0.3, -0.25) is 9.32 Å². The fourth-order valence-corrected chi connectivity index (χ4v) is 6.15. The van der Waals surface area contributed by atoms with E-state index < -0.39 is 19.3 Å². The monoisotopic (exact) mass is 515 g/mol. The third-order valence-electron chi connectivity index (χ3n) is 6.57. The highest BCUT2D eigenvalue weighted by molar-refractivity contribution is 7.50. The van der Waals surface area contributed by atoms with Gasteiger partial charge >= 0.3 is 13.7 Å². The van der Waals surface area contributed by atoms with E-state index in [1.807, 2.05) is 30.3 Å². The number of hydrogen-bond donors (Lipinski definition) is 1. The number of pyridine rings is 2. The summed E-state index contributed by atoms with van der Waals surface area (Å²) in [6, 6.07) is 11.3. The second-order valence-electron chi connectivity index (χ2n) is 8.68. The van der Waals surface area contributed by atoms with Crippen molar-refractivity contribution in [3.05, 3.63) is 63.4 Å². The van der Waals surface area contributed by atoms with Crippen LogP contribution in [0.15, 0.2) is 41.2 Å². The number of rotatable bonds is 8. The van der Waals surface area contributed by atoms with Crippen molar-refractivity contribution in [2.24, 2.45) is 0 Å². The largest absolute Gasteiger partial charge is 0.458 e. The van der Waals surface area contributed by atoms with Crippen molar-refractivity contribution >= 4 is 24.6 Å². The summed E-state index contributed by atoms with van der Waals surface area (Å²) in [6.45, 7) is 1.09. The van der Waals surface area contributed by atoms with Gasteiger partial charge < -0.3 is 23.7 Å². The van der Waals surface area contributed by atoms with Crippen molar-refractivity contribution in [3.63, 3.8) is 0 Å². The standard InChI is InChI=1S/C24H26N3O8P/c1-4-24(35-36(30,31)26(13-32-2)14-33-3)18-10-20-21-16(9-15-7-5-6-8-19(15)25-21)11-27(20)22(28)17(18)12-34-23(24)29/h5-10H,4,11-14H2,1-3H3,(H,30,31)/t24-/m0/s1. The van der Waals surface area contributed by atoms with Gasteiger partial charge in [-0.1, -0.05) is 25.1 Å². The molecule has 2 aliphatic heterocycles. The molecule has 36 heavy (non-hydrogen) atoms. The highest BCUT2D eigenvalue weighted by Crippen LogP contribution is 2.55. The van der Waals surface area contributed by atoms with Crippen LogP contribution in [0.2, 0.25) is 0 Å². The Bertz CT molecular complexity index is 1470. The van der Waals surface area contributed by atoms with E-state index >= 15 is 0 Å². The topological polar surface area (TPSA) is 129 Å². The normalized spacial score (nSPS) is 20.1. The lowest BCUT2D eigenvalue weighted by atomic mass is 9.86. The second kappa shape index (κ2) is 9.19. The Labute approximate surface area is 206 Å². The van der Waals surface area contributed by atoms with Gasteiger partial charge in [0.1, 0.15) is 20.1 Å². The third kappa shape index (κ3) is 3.80. The van der Waals surface area contributed by atoms with Crippen LogP contribution >= 0.6 is 7.75 Å². The molecule has 2 aliphatic rings. The number of nitrogens with zero attached hydrogens (tertiary/aromatic N) is 3. The molecule has 1 N–H and O–H groups in total. The number of aromatic nitrogens is 2. The second-order valence-corrected chi connectivity index (χ2v) is 10.4. The summed E-state index contributed by atoms with van der Waals surface area (Å²) in [4.78, 5) is 42.4. The lowest BCUT2D eigenvalue weighted by molar-refractivity contribution is -0.170. The molecule has 0 saturated heterocycles. The summed E-state index contributed by atoms with van der Waals surface area (Å²) in [7, 11) is -1.96. The minimum absolute atomic E-state index is 0.0575. The lowest BCUT2D eigenvalue weighted by Gasteiger charge is -2.38. The molecule has 0 bridgehead atoms. The Hall–Kier alpha value is -2.92. The van der Waals surface area contributed by atoms with Crippen LogP contribution in [-0.2, 0) is 46.8 Å². The van der Waals surface area contributed by atoms with E-state index in [9.17, 15) is 19.0 Å². The maximum absolute atomic E-state index is 13.6. The first-order valence-electron chi connectivity index (χ1n) is 11.4. The smallest absolute Gasteiger partial charge is 0.410 e. The van der Waals surface area contributed by atoms with E-state index in [0.29, 0.717) is 17.9 Å². The molecular formula is C24H26N3O8P. The summed E-state index contributed by atoms with van der Waals surface area (Å²) in [5.41, 5.74) is 0.791. The Morgan fingerprint density at radius 3 is 2.61 bits per heavy atom. The van der Waals surface area contributed by atoms with Gasteiger partial charge in [0.2, 0.25) is 5.60 Å². The number of hydrogen-bond acceptors (Lipinski definition) is 8. The number of cyclic esters (lactones) is 1. The highest BCUT2D eigenvalue weighted by atomic mass is 31.2. The molecule has 3 aromatic rings. The van der Waals surface area contributed by atoms with E-state index in [-0.39, 0.29) is 43.2 Å². The van der Waals surface area contributed by atoms with Crippen LogP contribution in [0.4, 0.5) is 0 Å². The number of carbonyl (C=O) groups excluding carboxylic acids is 1. The van der Waals surface area contributed by atoms with Crippen LogP contribution in [0.1, 0.15) is 30.0 Å². The average molecular weight is 515 g/mol. The van der Waals surface area contributed by atoms with E-state index in [1.165, 1.54) is 14.2 Å². The van der Waals surface area contributed by atoms with Crippen molar-refractivity contribution in [1.29, 1.82) is 0 Å². The molecular weight excluding hydrogens is 489 g/mol. The van der Waals surface area contributed by atoms with Gasteiger partial charge in [-0.05, 0) is 24.6 Å². The molecule has 0 radical (unpaired) electrons. The van der Waals surface area contributed by atoms with Crippen molar-refractivity contribution < 1.29 is 33.0 Å². The van der Waals surface area contributed by atoms with Crippen LogP contribution in [0.25, 0.3) is 22.3 Å². The number of ether oxygens (including phenoxy) is 3. The van der Waals surface area contributed by atoms with Gasteiger partial charge in [0.05, 0.1) is 29.0 Å². The number of methoxy groups -OCH3 is 2. The van der Waals surface area contributed by atoms with Crippen LogP contribution in [0, 0.1) is 0 Å².